The van der Waals surface area contributed by atoms with Crippen LogP contribution >= 0.6 is 0 Å². The first-order chi connectivity index (χ1) is 12.0. The number of benzene rings is 2. The van der Waals surface area contributed by atoms with E-state index in [1.807, 2.05) is 36.4 Å². The molecular formula is C18H17N3O3S. The summed E-state index contributed by atoms with van der Waals surface area (Å²) in [7, 11) is -3.71. The minimum absolute atomic E-state index is 0.00776. The highest BCUT2D eigenvalue weighted by molar-refractivity contribution is 7.89. The van der Waals surface area contributed by atoms with E-state index in [1.165, 1.54) is 6.20 Å². The van der Waals surface area contributed by atoms with E-state index in [1.54, 1.807) is 24.3 Å². The van der Waals surface area contributed by atoms with Gasteiger partial charge in [0.15, 0.2) is 0 Å². The fraction of sp³-hybridized carbons (Fsp3) is 0.111. The Morgan fingerprint density at radius 1 is 1.00 bits per heavy atom. The van der Waals surface area contributed by atoms with Gasteiger partial charge in [0.1, 0.15) is 4.90 Å². The topological polar surface area (TPSA) is 88.2 Å². The van der Waals surface area contributed by atoms with Crippen molar-refractivity contribution in [2.75, 3.05) is 11.9 Å². The van der Waals surface area contributed by atoms with Gasteiger partial charge < -0.3 is 5.32 Å². The van der Waals surface area contributed by atoms with E-state index >= 15 is 0 Å². The van der Waals surface area contributed by atoms with E-state index in [9.17, 15) is 13.2 Å². The molecule has 0 saturated carbocycles. The zero-order valence-electron chi connectivity index (χ0n) is 13.3. The molecule has 0 aliphatic heterocycles. The van der Waals surface area contributed by atoms with E-state index in [0.717, 1.165) is 10.9 Å². The molecule has 0 unspecified atom stereocenters. The Morgan fingerprint density at radius 3 is 2.52 bits per heavy atom. The Balaban J connectivity index is 1.60. The summed E-state index contributed by atoms with van der Waals surface area (Å²) in [6, 6.07) is 17.8. The largest absolute Gasteiger partial charge is 0.326 e. The minimum Gasteiger partial charge on any atom is -0.326 e. The van der Waals surface area contributed by atoms with Crippen molar-refractivity contribution in [1.29, 1.82) is 0 Å². The first-order valence-electron chi connectivity index (χ1n) is 7.74. The number of aromatic nitrogens is 1. The van der Waals surface area contributed by atoms with Crippen molar-refractivity contribution in [3.05, 3.63) is 66.9 Å². The number of anilines is 1. The summed E-state index contributed by atoms with van der Waals surface area (Å²) < 4.78 is 27.1. The summed E-state index contributed by atoms with van der Waals surface area (Å²) >= 11 is 0. The van der Waals surface area contributed by atoms with Gasteiger partial charge >= 0.3 is 0 Å². The second kappa shape index (κ2) is 7.42. The van der Waals surface area contributed by atoms with E-state index < -0.39 is 10.0 Å². The molecule has 128 valence electrons. The number of para-hydroxylation sites is 2. The fourth-order valence-electron chi connectivity index (χ4n) is 2.33. The summed E-state index contributed by atoms with van der Waals surface area (Å²) in [4.78, 5) is 16.1. The van der Waals surface area contributed by atoms with Crippen molar-refractivity contribution < 1.29 is 13.2 Å². The maximum absolute atomic E-state index is 12.3. The van der Waals surface area contributed by atoms with Crippen LogP contribution in [0.15, 0.2) is 71.8 Å². The summed E-state index contributed by atoms with van der Waals surface area (Å²) in [6.45, 7) is 0.00776. The summed E-state index contributed by atoms with van der Waals surface area (Å²) in [5.41, 5.74) is 1.40. The highest BCUT2D eigenvalue weighted by atomic mass is 32.2. The number of nitrogens with zero attached hydrogens (tertiary/aromatic N) is 1. The van der Waals surface area contributed by atoms with Gasteiger partial charge in [-0.3, -0.25) is 9.78 Å². The van der Waals surface area contributed by atoms with Crippen molar-refractivity contribution in [2.24, 2.45) is 0 Å². The Hall–Kier alpha value is -2.77. The predicted molar refractivity (Wildman–Crippen MR) is 96.6 cm³/mol. The molecule has 6 nitrogen and oxygen atoms in total. The number of nitrogens with one attached hydrogen (secondary N) is 2. The molecule has 3 rings (SSSR count). The molecule has 0 bridgehead atoms. The van der Waals surface area contributed by atoms with Gasteiger partial charge in [-0.05, 0) is 24.3 Å². The van der Waals surface area contributed by atoms with E-state index in [2.05, 4.69) is 15.0 Å². The summed E-state index contributed by atoms with van der Waals surface area (Å²) in [5.74, 6) is -0.259. The van der Waals surface area contributed by atoms with Crippen molar-refractivity contribution in [1.82, 2.24) is 9.71 Å². The number of carbonyl (C=O) groups is 1. The number of amides is 1. The quantitative estimate of drug-likeness (QED) is 0.711. The molecule has 1 heterocycles. The van der Waals surface area contributed by atoms with Crippen molar-refractivity contribution in [3.8, 4) is 0 Å². The van der Waals surface area contributed by atoms with E-state index in [4.69, 9.17) is 0 Å². The number of hydrogen-bond donors (Lipinski definition) is 2. The minimum atomic E-state index is -3.71. The molecule has 0 radical (unpaired) electrons. The number of hydrogen-bond acceptors (Lipinski definition) is 4. The number of sulfonamides is 1. The van der Waals surface area contributed by atoms with Crippen LogP contribution in [-0.4, -0.2) is 25.9 Å². The molecule has 0 fully saturated rings. The average Bonchev–Trinajstić information content (AvgIpc) is 2.62. The molecule has 7 heteroatoms. The standard InChI is InChI=1S/C18H17N3O3S/c22-18(21-15-7-2-1-3-8-15)10-11-20-25(23,24)16-12-14-6-4-5-9-17(14)19-13-16/h1-9,12-13,20H,10-11H2,(H,21,22). The smallest absolute Gasteiger partial charge is 0.242 e. The second-order valence-corrected chi connectivity index (χ2v) is 7.19. The molecule has 1 aromatic heterocycles. The molecule has 25 heavy (non-hydrogen) atoms. The number of pyridine rings is 1. The van der Waals surface area contributed by atoms with Gasteiger partial charge in [0.2, 0.25) is 15.9 Å². The molecule has 0 spiro atoms. The third-order valence-electron chi connectivity index (χ3n) is 3.58. The normalized spacial score (nSPS) is 11.4. The lowest BCUT2D eigenvalue weighted by atomic mass is 10.2. The molecule has 2 N–H and O–H groups in total. The predicted octanol–water partition coefficient (Wildman–Crippen LogP) is 2.54. The molecule has 0 saturated heterocycles. The Kier molecular flexibility index (Phi) is 5.06. The van der Waals surface area contributed by atoms with Gasteiger partial charge in [0, 0.05) is 30.2 Å². The van der Waals surface area contributed by atoms with E-state index in [0.29, 0.717) is 5.69 Å². The zero-order valence-corrected chi connectivity index (χ0v) is 14.2. The first-order valence-corrected chi connectivity index (χ1v) is 9.22. The molecule has 0 atom stereocenters. The molecule has 0 aliphatic rings. The zero-order chi connectivity index (χ0) is 17.7. The molecule has 3 aromatic rings. The SMILES string of the molecule is O=C(CCNS(=O)(=O)c1cnc2ccccc2c1)Nc1ccccc1. The van der Waals surface area contributed by atoms with Crippen LogP contribution in [0.25, 0.3) is 10.9 Å². The lowest BCUT2D eigenvalue weighted by molar-refractivity contribution is -0.116. The Labute approximate surface area is 146 Å². The van der Waals surface area contributed by atoms with Gasteiger partial charge in [-0.25, -0.2) is 13.1 Å². The van der Waals surface area contributed by atoms with E-state index in [-0.39, 0.29) is 23.8 Å². The van der Waals surface area contributed by atoms with Crippen LogP contribution in [0.5, 0.6) is 0 Å². The van der Waals surface area contributed by atoms with Crippen LogP contribution in [0.4, 0.5) is 5.69 Å². The number of fused-ring (bicyclic) bond motifs is 1. The van der Waals surface area contributed by atoms with Crippen molar-refractivity contribution in [2.45, 2.75) is 11.3 Å². The number of rotatable bonds is 6. The molecule has 0 aliphatic carbocycles. The van der Waals surface area contributed by atoms with Gasteiger partial charge in [0.25, 0.3) is 0 Å². The van der Waals surface area contributed by atoms with Gasteiger partial charge in [-0.1, -0.05) is 36.4 Å². The summed E-state index contributed by atoms with van der Waals surface area (Å²) in [5, 5.41) is 3.45. The fourth-order valence-corrected chi connectivity index (χ4v) is 3.34. The highest BCUT2D eigenvalue weighted by Crippen LogP contribution is 2.16. The van der Waals surface area contributed by atoms with Crippen LogP contribution in [0.1, 0.15) is 6.42 Å². The molecule has 1 amide bonds. The lowest BCUT2D eigenvalue weighted by Gasteiger charge is -2.08. The van der Waals surface area contributed by atoms with Gasteiger partial charge in [-0.2, -0.15) is 0 Å². The van der Waals surface area contributed by atoms with Crippen LogP contribution in [-0.2, 0) is 14.8 Å². The first kappa shape index (κ1) is 17.1. The van der Waals surface area contributed by atoms with Crippen LogP contribution in [0, 0.1) is 0 Å². The Bertz CT molecular complexity index is 989. The number of carbonyl (C=O) groups excluding carboxylic acids is 1. The third kappa shape index (κ3) is 4.40. The van der Waals surface area contributed by atoms with Gasteiger partial charge in [0.05, 0.1) is 5.52 Å². The maximum atomic E-state index is 12.3. The highest BCUT2D eigenvalue weighted by Gasteiger charge is 2.15. The maximum Gasteiger partial charge on any atom is 0.242 e. The third-order valence-corrected chi connectivity index (χ3v) is 5.01. The van der Waals surface area contributed by atoms with Crippen LogP contribution < -0.4 is 10.0 Å². The lowest BCUT2D eigenvalue weighted by Crippen LogP contribution is -2.28. The van der Waals surface area contributed by atoms with Crippen LogP contribution in [0.2, 0.25) is 0 Å². The Morgan fingerprint density at radius 2 is 1.72 bits per heavy atom. The average molecular weight is 355 g/mol. The van der Waals surface area contributed by atoms with Crippen LogP contribution in [0.3, 0.4) is 0 Å². The molecular weight excluding hydrogens is 338 g/mol. The van der Waals surface area contributed by atoms with Crippen molar-refractivity contribution in [3.63, 3.8) is 0 Å². The van der Waals surface area contributed by atoms with Crippen molar-refractivity contribution >= 4 is 32.5 Å². The second-order valence-electron chi connectivity index (χ2n) is 5.43. The molecule has 2 aromatic carbocycles. The van der Waals surface area contributed by atoms with Gasteiger partial charge in [-0.15, -0.1) is 0 Å². The summed E-state index contributed by atoms with van der Waals surface area (Å²) in [6.07, 6.45) is 1.35. The monoisotopic (exact) mass is 355 g/mol.